The van der Waals surface area contributed by atoms with Crippen LogP contribution in [0, 0.1) is 0 Å². The van der Waals surface area contributed by atoms with Gasteiger partial charge in [0.25, 0.3) is 0 Å². The lowest BCUT2D eigenvalue weighted by molar-refractivity contribution is -0.0124. The fourth-order valence-corrected chi connectivity index (χ4v) is 3.50. The van der Waals surface area contributed by atoms with Gasteiger partial charge in [-0.15, -0.1) is 0 Å². The van der Waals surface area contributed by atoms with Gasteiger partial charge in [0.15, 0.2) is 0 Å². The van der Waals surface area contributed by atoms with E-state index in [0.717, 1.165) is 38.8 Å². The highest BCUT2D eigenvalue weighted by molar-refractivity contribution is 5.35. The molecule has 1 aromatic rings. The second-order valence-electron chi connectivity index (χ2n) is 6.39. The first-order valence-electron chi connectivity index (χ1n) is 8.63. The average molecular weight is 289 g/mol. The van der Waals surface area contributed by atoms with Crippen molar-refractivity contribution in [1.29, 1.82) is 0 Å². The molecule has 1 aliphatic heterocycles. The lowest BCUT2D eigenvalue weighted by atomic mass is 9.85. The Kier molecular flexibility index (Phi) is 5.83. The third-order valence-corrected chi connectivity index (χ3v) is 4.78. The van der Waals surface area contributed by atoms with Gasteiger partial charge in [0.1, 0.15) is 0 Å². The maximum absolute atomic E-state index is 6.12. The number of hydrogen-bond donors (Lipinski definition) is 1. The number of aryl methyl sites for hydroxylation is 2. The topological polar surface area (TPSA) is 21.3 Å². The molecule has 1 aromatic carbocycles. The van der Waals surface area contributed by atoms with Crippen molar-refractivity contribution in [2.75, 3.05) is 13.2 Å². The molecule has 1 N–H and O–H groups in total. The Morgan fingerprint density at radius 3 is 2.52 bits per heavy atom. The van der Waals surface area contributed by atoms with Gasteiger partial charge in [-0.05, 0) is 62.3 Å². The zero-order valence-electron chi connectivity index (χ0n) is 14.2. The smallest absolute Gasteiger partial charge is 0.0849 e. The Morgan fingerprint density at radius 2 is 1.95 bits per heavy atom. The molecule has 118 valence electrons. The maximum Gasteiger partial charge on any atom is 0.0849 e. The van der Waals surface area contributed by atoms with Gasteiger partial charge < -0.3 is 10.1 Å². The van der Waals surface area contributed by atoms with Crippen LogP contribution < -0.4 is 5.32 Å². The highest BCUT2D eigenvalue weighted by Crippen LogP contribution is 2.38. The van der Waals surface area contributed by atoms with Crippen LogP contribution in [-0.4, -0.2) is 18.8 Å². The summed E-state index contributed by atoms with van der Waals surface area (Å²) in [4.78, 5) is 0. The minimum Gasteiger partial charge on any atom is -0.373 e. The van der Waals surface area contributed by atoms with Gasteiger partial charge in [-0.3, -0.25) is 0 Å². The van der Waals surface area contributed by atoms with E-state index in [9.17, 15) is 0 Å². The van der Waals surface area contributed by atoms with E-state index in [1.807, 2.05) is 0 Å². The molecule has 0 bridgehead atoms. The van der Waals surface area contributed by atoms with Crippen LogP contribution in [0.1, 0.15) is 69.7 Å². The lowest BCUT2D eigenvalue weighted by Crippen LogP contribution is -2.41. The molecule has 0 amide bonds. The summed E-state index contributed by atoms with van der Waals surface area (Å²) in [6.07, 6.45) is 5.69. The van der Waals surface area contributed by atoms with Crippen LogP contribution in [0.2, 0.25) is 0 Å². The number of benzene rings is 1. The molecule has 1 aliphatic rings. The van der Waals surface area contributed by atoms with Gasteiger partial charge in [0, 0.05) is 6.61 Å². The quantitative estimate of drug-likeness (QED) is 0.802. The SMILES string of the molecule is CCCNC(c1ccc(CC)c(CC)c1)C1(C)CCCO1. The first kappa shape index (κ1) is 16.5. The highest BCUT2D eigenvalue weighted by atomic mass is 16.5. The van der Waals surface area contributed by atoms with E-state index in [0.29, 0.717) is 6.04 Å². The van der Waals surface area contributed by atoms with E-state index in [1.54, 1.807) is 0 Å². The van der Waals surface area contributed by atoms with Crippen molar-refractivity contribution in [1.82, 2.24) is 5.32 Å². The predicted octanol–water partition coefficient (Wildman–Crippen LogP) is 4.42. The molecule has 1 heterocycles. The van der Waals surface area contributed by atoms with Crippen LogP contribution in [0.3, 0.4) is 0 Å². The molecule has 0 radical (unpaired) electrons. The van der Waals surface area contributed by atoms with Crippen LogP contribution in [0.25, 0.3) is 0 Å². The number of nitrogens with one attached hydrogen (secondary N) is 1. The molecular formula is C19H31NO. The molecule has 2 rings (SSSR count). The summed E-state index contributed by atoms with van der Waals surface area (Å²) < 4.78 is 6.12. The van der Waals surface area contributed by atoms with Crippen molar-refractivity contribution in [2.24, 2.45) is 0 Å². The molecule has 21 heavy (non-hydrogen) atoms. The summed E-state index contributed by atoms with van der Waals surface area (Å²) in [7, 11) is 0. The minimum absolute atomic E-state index is 0.0616. The second-order valence-corrected chi connectivity index (χ2v) is 6.39. The average Bonchev–Trinajstić information content (AvgIpc) is 2.95. The molecular weight excluding hydrogens is 258 g/mol. The molecule has 1 saturated heterocycles. The van der Waals surface area contributed by atoms with Crippen molar-refractivity contribution in [3.8, 4) is 0 Å². The van der Waals surface area contributed by atoms with Crippen molar-refractivity contribution < 1.29 is 4.74 Å². The predicted molar refractivity (Wildman–Crippen MR) is 89.8 cm³/mol. The van der Waals surface area contributed by atoms with E-state index in [1.165, 1.54) is 23.1 Å². The molecule has 2 heteroatoms. The Labute approximate surface area is 130 Å². The molecule has 0 aliphatic carbocycles. The zero-order chi connectivity index (χ0) is 15.3. The molecule has 2 unspecified atom stereocenters. The summed E-state index contributed by atoms with van der Waals surface area (Å²) in [5, 5.41) is 3.73. The van der Waals surface area contributed by atoms with E-state index in [4.69, 9.17) is 4.74 Å². The van der Waals surface area contributed by atoms with Gasteiger partial charge in [-0.1, -0.05) is 39.0 Å². The third kappa shape index (κ3) is 3.67. The molecule has 0 aromatic heterocycles. The molecule has 1 fully saturated rings. The van der Waals surface area contributed by atoms with Gasteiger partial charge >= 0.3 is 0 Å². The molecule has 0 saturated carbocycles. The molecule has 2 nitrogen and oxygen atoms in total. The monoisotopic (exact) mass is 289 g/mol. The van der Waals surface area contributed by atoms with Crippen LogP contribution >= 0.6 is 0 Å². The van der Waals surface area contributed by atoms with Gasteiger partial charge in [0.05, 0.1) is 11.6 Å². The minimum atomic E-state index is -0.0616. The van der Waals surface area contributed by atoms with E-state index >= 15 is 0 Å². The maximum atomic E-state index is 6.12. The summed E-state index contributed by atoms with van der Waals surface area (Å²) >= 11 is 0. The van der Waals surface area contributed by atoms with Gasteiger partial charge in [0.2, 0.25) is 0 Å². The fraction of sp³-hybridized carbons (Fsp3) is 0.684. The summed E-state index contributed by atoms with van der Waals surface area (Å²) in [6.45, 7) is 10.9. The fourth-order valence-electron chi connectivity index (χ4n) is 3.50. The highest BCUT2D eigenvalue weighted by Gasteiger charge is 2.39. The van der Waals surface area contributed by atoms with E-state index in [2.05, 4.69) is 51.2 Å². The Morgan fingerprint density at radius 1 is 1.19 bits per heavy atom. The molecule has 2 atom stereocenters. The third-order valence-electron chi connectivity index (χ3n) is 4.78. The summed E-state index contributed by atoms with van der Waals surface area (Å²) in [6, 6.07) is 7.32. The largest absolute Gasteiger partial charge is 0.373 e. The number of hydrogen-bond acceptors (Lipinski definition) is 2. The Balaban J connectivity index is 2.31. The van der Waals surface area contributed by atoms with Crippen molar-refractivity contribution in [3.63, 3.8) is 0 Å². The number of ether oxygens (including phenoxy) is 1. The standard InChI is InChI=1S/C19H31NO/c1-5-12-20-18(19(4)11-8-13-21-19)17-10-9-15(6-2)16(7-3)14-17/h9-10,14,18,20H,5-8,11-13H2,1-4H3. The van der Waals surface area contributed by atoms with Crippen LogP contribution in [-0.2, 0) is 17.6 Å². The normalized spacial score (nSPS) is 23.4. The lowest BCUT2D eigenvalue weighted by Gasteiger charge is -2.35. The van der Waals surface area contributed by atoms with Gasteiger partial charge in [-0.25, -0.2) is 0 Å². The van der Waals surface area contributed by atoms with Crippen LogP contribution in [0.4, 0.5) is 0 Å². The first-order valence-corrected chi connectivity index (χ1v) is 8.63. The van der Waals surface area contributed by atoms with Crippen molar-refractivity contribution in [3.05, 3.63) is 34.9 Å². The van der Waals surface area contributed by atoms with Crippen LogP contribution in [0.15, 0.2) is 18.2 Å². The second kappa shape index (κ2) is 7.42. The Bertz CT molecular complexity index is 449. The van der Waals surface area contributed by atoms with Crippen molar-refractivity contribution in [2.45, 2.75) is 71.4 Å². The van der Waals surface area contributed by atoms with Gasteiger partial charge in [-0.2, -0.15) is 0 Å². The van der Waals surface area contributed by atoms with Crippen molar-refractivity contribution >= 4 is 0 Å². The Hall–Kier alpha value is -0.860. The summed E-state index contributed by atoms with van der Waals surface area (Å²) in [5.41, 5.74) is 4.29. The number of rotatable bonds is 7. The van der Waals surface area contributed by atoms with E-state index < -0.39 is 0 Å². The summed E-state index contributed by atoms with van der Waals surface area (Å²) in [5.74, 6) is 0. The zero-order valence-corrected chi connectivity index (χ0v) is 14.2. The van der Waals surface area contributed by atoms with E-state index in [-0.39, 0.29) is 5.60 Å². The first-order chi connectivity index (χ1) is 10.1. The molecule has 0 spiro atoms. The van der Waals surface area contributed by atoms with Crippen LogP contribution in [0.5, 0.6) is 0 Å².